The fraction of sp³-hybridized carbons (Fsp3) is 0.571. The third-order valence-electron chi connectivity index (χ3n) is 10.4. The fourth-order valence-corrected chi connectivity index (χ4v) is 7.89. The first-order valence-electron chi connectivity index (χ1n) is 16.8. The molecule has 4 amide bonds. The number of carbonyl (C=O) groups is 3. The predicted molar refractivity (Wildman–Crippen MR) is 180 cm³/mol. The number of urea groups is 1. The van der Waals surface area contributed by atoms with E-state index in [0.717, 1.165) is 80.8 Å². The molecule has 0 aliphatic carbocycles. The van der Waals surface area contributed by atoms with Crippen molar-refractivity contribution >= 4 is 40.8 Å². The third-order valence-corrected chi connectivity index (χ3v) is 10.7. The topological polar surface area (TPSA) is 111 Å². The maximum Gasteiger partial charge on any atom is 0.322 e. The van der Waals surface area contributed by atoms with Crippen LogP contribution >= 0.6 is 11.6 Å². The lowest BCUT2D eigenvalue weighted by atomic mass is 9.92. The summed E-state index contributed by atoms with van der Waals surface area (Å²) in [5, 5.41) is 3.54. The molecule has 0 bridgehead atoms. The molecule has 3 fully saturated rings. The van der Waals surface area contributed by atoms with Gasteiger partial charge < -0.3 is 30.5 Å². The van der Waals surface area contributed by atoms with E-state index in [2.05, 4.69) is 16.3 Å². The number of fused-ring (bicyclic) bond motifs is 1. The van der Waals surface area contributed by atoms with Crippen molar-refractivity contribution in [1.29, 1.82) is 0 Å². The van der Waals surface area contributed by atoms with E-state index in [1.807, 2.05) is 52.0 Å². The van der Waals surface area contributed by atoms with Crippen molar-refractivity contribution in [1.82, 2.24) is 19.6 Å². The number of nitrogen functional groups attached to an aromatic ring is 1. The lowest BCUT2D eigenvalue weighted by Crippen LogP contribution is -2.54. The molecular formula is C35H47ClN6O4. The molecule has 0 aromatic heterocycles. The lowest BCUT2D eigenvalue weighted by Gasteiger charge is -2.41. The van der Waals surface area contributed by atoms with E-state index in [-0.39, 0.29) is 30.3 Å². The molecule has 0 spiro atoms. The number of nitrogens with zero attached hydrogens (tertiary/aromatic N) is 4. The zero-order chi connectivity index (χ0) is 32.2. The Morgan fingerprint density at radius 1 is 0.957 bits per heavy atom. The molecule has 3 N–H and O–H groups in total. The third kappa shape index (κ3) is 7.45. The van der Waals surface area contributed by atoms with Gasteiger partial charge in [0.15, 0.2) is 0 Å². The van der Waals surface area contributed by atoms with Gasteiger partial charge in [-0.05, 0) is 74.3 Å². The Bertz CT molecular complexity index is 1390. The van der Waals surface area contributed by atoms with Crippen molar-refractivity contribution < 1.29 is 19.1 Å². The van der Waals surface area contributed by atoms with Crippen LogP contribution in [0.25, 0.3) is 0 Å². The highest BCUT2D eigenvalue weighted by Gasteiger charge is 2.35. The van der Waals surface area contributed by atoms with Gasteiger partial charge in [0, 0.05) is 83.2 Å². The average molecular weight is 651 g/mol. The lowest BCUT2D eigenvalue weighted by molar-refractivity contribution is -0.143. The van der Waals surface area contributed by atoms with Crippen molar-refractivity contribution in [3.63, 3.8) is 0 Å². The first-order valence-corrected chi connectivity index (χ1v) is 17.2. The first-order chi connectivity index (χ1) is 22.3. The number of likely N-dealkylation sites (tertiary alicyclic amines) is 1. The average Bonchev–Trinajstić information content (AvgIpc) is 3.25. The van der Waals surface area contributed by atoms with Gasteiger partial charge in [0.25, 0.3) is 0 Å². The highest BCUT2D eigenvalue weighted by molar-refractivity contribution is 6.33. The fourth-order valence-electron chi connectivity index (χ4n) is 7.60. The molecule has 1 atom stereocenters. The summed E-state index contributed by atoms with van der Waals surface area (Å²) in [4.78, 5) is 49.2. The molecule has 2 aromatic rings. The number of nitrogens with two attached hydrogens (primary N) is 1. The normalized spacial score (nSPS) is 21.0. The molecule has 46 heavy (non-hydrogen) atoms. The smallest absolute Gasteiger partial charge is 0.322 e. The second kappa shape index (κ2) is 14.6. The van der Waals surface area contributed by atoms with Crippen LogP contribution in [-0.4, -0.2) is 109 Å². The molecule has 4 heterocycles. The standard InChI is InChI=1S/C35H47ClN6O4/c1-24-20-25(22-30(36)33(24)37)21-27(34(44)41-16-14-39(15-17-41)28-9-18-46-19-10-28)23-32(43)40-11-7-29(8-12-40)42-13-6-26-4-2-3-5-31(26)38-35(42)45/h2-5,20,22,27-29H,6-19,21,23,37H2,1H3,(H,38,45). The number of aryl methyl sites for hydroxylation is 1. The van der Waals surface area contributed by atoms with Gasteiger partial charge in [-0.15, -0.1) is 0 Å². The number of halogens is 1. The Hall–Kier alpha value is -3.34. The number of ether oxygens (including phenoxy) is 1. The predicted octanol–water partition coefficient (Wildman–Crippen LogP) is 4.18. The van der Waals surface area contributed by atoms with Crippen LogP contribution in [-0.2, 0) is 27.2 Å². The minimum absolute atomic E-state index is 0.0105. The Morgan fingerprint density at radius 2 is 1.67 bits per heavy atom. The summed E-state index contributed by atoms with van der Waals surface area (Å²) in [5.41, 5.74) is 10.4. The summed E-state index contributed by atoms with van der Waals surface area (Å²) >= 11 is 6.43. The number of hydrogen-bond donors (Lipinski definition) is 2. The van der Waals surface area contributed by atoms with Crippen molar-refractivity contribution in [2.24, 2.45) is 5.92 Å². The number of benzene rings is 2. The number of para-hydroxylation sites is 1. The first kappa shape index (κ1) is 32.6. The maximum absolute atomic E-state index is 14.1. The van der Waals surface area contributed by atoms with Gasteiger partial charge in [-0.1, -0.05) is 35.9 Å². The summed E-state index contributed by atoms with van der Waals surface area (Å²) in [5.74, 6) is -0.473. The summed E-state index contributed by atoms with van der Waals surface area (Å²) < 4.78 is 5.54. The Balaban J connectivity index is 1.09. The van der Waals surface area contributed by atoms with Crippen molar-refractivity contribution in [2.45, 2.75) is 64.0 Å². The van der Waals surface area contributed by atoms with Crippen molar-refractivity contribution in [3.8, 4) is 0 Å². The molecule has 10 nitrogen and oxygen atoms in total. The van der Waals surface area contributed by atoms with Gasteiger partial charge in [-0.2, -0.15) is 0 Å². The summed E-state index contributed by atoms with van der Waals surface area (Å²) in [6, 6.07) is 12.3. The van der Waals surface area contributed by atoms with Crippen molar-refractivity contribution in [2.75, 3.05) is 70.1 Å². The number of rotatable bonds is 7. The van der Waals surface area contributed by atoms with Gasteiger partial charge >= 0.3 is 6.03 Å². The van der Waals surface area contributed by atoms with Gasteiger partial charge in [-0.3, -0.25) is 14.5 Å². The van der Waals surface area contributed by atoms with Crippen LogP contribution in [0.5, 0.6) is 0 Å². The van der Waals surface area contributed by atoms with Gasteiger partial charge in [0.05, 0.1) is 16.6 Å². The van der Waals surface area contributed by atoms with Crippen LogP contribution in [0, 0.1) is 12.8 Å². The molecule has 11 heteroatoms. The molecule has 4 aliphatic heterocycles. The number of carbonyl (C=O) groups excluding carboxylic acids is 3. The molecule has 0 radical (unpaired) electrons. The minimum atomic E-state index is -0.492. The van der Waals surface area contributed by atoms with Crippen LogP contribution in [0.3, 0.4) is 0 Å². The second-order valence-electron chi connectivity index (χ2n) is 13.3. The van der Waals surface area contributed by atoms with Crippen LogP contribution in [0.1, 0.15) is 48.8 Å². The quantitative estimate of drug-likeness (QED) is 0.435. The van der Waals surface area contributed by atoms with E-state index >= 15 is 0 Å². The second-order valence-corrected chi connectivity index (χ2v) is 13.7. The van der Waals surface area contributed by atoms with Crippen molar-refractivity contribution in [3.05, 3.63) is 58.1 Å². The largest absolute Gasteiger partial charge is 0.397 e. The molecule has 4 aliphatic rings. The number of piperidine rings is 1. The van der Waals surface area contributed by atoms with Crippen LogP contribution in [0.4, 0.5) is 16.2 Å². The number of anilines is 2. The molecule has 0 saturated carbocycles. The molecule has 248 valence electrons. The Kier molecular flexibility index (Phi) is 10.4. The van der Waals surface area contributed by atoms with E-state index in [1.165, 1.54) is 0 Å². The molecule has 1 unspecified atom stereocenters. The zero-order valence-electron chi connectivity index (χ0n) is 26.9. The van der Waals surface area contributed by atoms with Crippen LogP contribution in [0.15, 0.2) is 36.4 Å². The van der Waals surface area contributed by atoms with Gasteiger partial charge in [0.2, 0.25) is 11.8 Å². The number of nitrogens with one attached hydrogen (secondary N) is 1. The highest BCUT2D eigenvalue weighted by Crippen LogP contribution is 2.29. The van der Waals surface area contributed by atoms with E-state index in [9.17, 15) is 14.4 Å². The SMILES string of the molecule is Cc1cc(CC(CC(=O)N2CCC(N3CCc4ccccc4NC3=O)CC2)C(=O)N2CCN(C3CCOCC3)CC2)cc(Cl)c1N. The number of amides is 4. The summed E-state index contributed by atoms with van der Waals surface area (Å²) in [6.45, 7) is 8.31. The Labute approximate surface area is 277 Å². The van der Waals surface area contributed by atoms with E-state index in [1.54, 1.807) is 0 Å². The molecule has 6 rings (SSSR count). The highest BCUT2D eigenvalue weighted by atomic mass is 35.5. The van der Waals surface area contributed by atoms with Gasteiger partial charge in [-0.25, -0.2) is 4.79 Å². The van der Waals surface area contributed by atoms with E-state index in [0.29, 0.717) is 55.9 Å². The number of hydrogen-bond acceptors (Lipinski definition) is 6. The molecular weight excluding hydrogens is 604 g/mol. The van der Waals surface area contributed by atoms with Crippen LogP contribution < -0.4 is 11.1 Å². The van der Waals surface area contributed by atoms with Crippen LogP contribution in [0.2, 0.25) is 5.02 Å². The van der Waals surface area contributed by atoms with Gasteiger partial charge in [0.1, 0.15) is 0 Å². The molecule has 2 aromatic carbocycles. The minimum Gasteiger partial charge on any atom is -0.397 e. The Morgan fingerprint density at radius 3 is 2.39 bits per heavy atom. The monoisotopic (exact) mass is 650 g/mol. The summed E-state index contributed by atoms with van der Waals surface area (Å²) in [6.07, 6.45) is 4.88. The summed E-state index contributed by atoms with van der Waals surface area (Å²) in [7, 11) is 0. The number of piperazine rings is 1. The molecule has 3 saturated heterocycles. The zero-order valence-corrected chi connectivity index (χ0v) is 27.6. The maximum atomic E-state index is 14.1. The van der Waals surface area contributed by atoms with E-state index < -0.39 is 5.92 Å². The van der Waals surface area contributed by atoms with E-state index in [4.69, 9.17) is 22.1 Å².